The topological polar surface area (TPSA) is 46.0 Å². The summed E-state index contributed by atoms with van der Waals surface area (Å²) in [4.78, 5) is 8.70. The van der Waals surface area contributed by atoms with Crippen LogP contribution in [0.3, 0.4) is 0 Å². The van der Waals surface area contributed by atoms with E-state index in [0.717, 1.165) is 28.6 Å². The summed E-state index contributed by atoms with van der Waals surface area (Å²) in [5, 5.41) is 11.4. The molecule has 0 aliphatic rings. The molecule has 0 saturated carbocycles. The number of fused-ring (bicyclic) bond motifs is 1. The molecule has 0 radical (unpaired) electrons. The average Bonchev–Trinajstić information content (AvgIpc) is 2.55. The molecule has 1 N–H and O–H groups in total. The quantitative estimate of drug-likeness (QED) is 0.795. The average molecular weight is 278 g/mol. The summed E-state index contributed by atoms with van der Waals surface area (Å²) in [6, 6.07) is 13.8. The highest BCUT2D eigenvalue weighted by Gasteiger charge is 2.10. The molecule has 0 saturated heterocycles. The van der Waals surface area contributed by atoms with Gasteiger partial charge in [-0.25, -0.2) is 0 Å². The summed E-state index contributed by atoms with van der Waals surface area (Å²) in [7, 11) is 0. The SMILES string of the molecule is CCc1ccc(CC(O)c2ccc3ncccc3c2)nc1. The number of aryl methyl sites for hydroxylation is 1. The van der Waals surface area contributed by atoms with E-state index in [1.807, 2.05) is 42.6 Å². The van der Waals surface area contributed by atoms with E-state index in [1.54, 1.807) is 6.20 Å². The predicted molar refractivity (Wildman–Crippen MR) is 84.0 cm³/mol. The second-order valence-corrected chi connectivity index (χ2v) is 5.19. The zero-order chi connectivity index (χ0) is 14.7. The van der Waals surface area contributed by atoms with Gasteiger partial charge in [0.25, 0.3) is 0 Å². The molecule has 0 fully saturated rings. The number of aromatic nitrogens is 2. The first-order valence-corrected chi connectivity index (χ1v) is 7.23. The van der Waals surface area contributed by atoms with Crippen molar-refractivity contribution in [1.29, 1.82) is 0 Å². The van der Waals surface area contributed by atoms with Gasteiger partial charge in [-0.05, 0) is 41.8 Å². The number of rotatable bonds is 4. The summed E-state index contributed by atoms with van der Waals surface area (Å²) in [6.45, 7) is 2.11. The van der Waals surface area contributed by atoms with Crippen LogP contribution in [0.4, 0.5) is 0 Å². The van der Waals surface area contributed by atoms with Crippen molar-refractivity contribution >= 4 is 10.9 Å². The molecular weight excluding hydrogens is 260 g/mol. The monoisotopic (exact) mass is 278 g/mol. The molecule has 3 rings (SSSR count). The van der Waals surface area contributed by atoms with Crippen molar-refractivity contribution in [3.8, 4) is 0 Å². The molecule has 1 aromatic carbocycles. The first-order valence-electron chi connectivity index (χ1n) is 7.23. The molecule has 21 heavy (non-hydrogen) atoms. The lowest BCUT2D eigenvalue weighted by molar-refractivity contribution is 0.177. The van der Waals surface area contributed by atoms with Crippen molar-refractivity contribution in [1.82, 2.24) is 9.97 Å². The van der Waals surface area contributed by atoms with E-state index in [0.29, 0.717) is 6.42 Å². The summed E-state index contributed by atoms with van der Waals surface area (Å²) in [5.41, 5.74) is 3.96. The molecule has 106 valence electrons. The lowest BCUT2D eigenvalue weighted by atomic mass is 10.0. The highest BCUT2D eigenvalue weighted by Crippen LogP contribution is 2.21. The number of hydrogen-bond acceptors (Lipinski definition) is 3. The minimum Gasteiger partial charge on any atom is -0.388 e. The molecule has 0 spiro atoms. The van der Waals surface area contributed by atoms with Crippen molar-refractivity contribution in [3.05, 3.63) is 71.7 Å². The maximum absolute atomic E-state index is 10.4. The van der Waals surface area contributed by atoms with Crippen LogP contribution in [0.1, 0.15) is 29.8 Å². The van der Waals surface area contributed by atoms with Gasteiger partial charge < -0.3 is 5.11 Å². The van der Waals surface area contributed by atoms with Crippen LogP contribution in [0.2, 0.25) is 0 Å². The third-order valence-electron chi connectivity index (χ3n) is 3.71. The summed E-state index contributed by atoms with van der Waals surface area (Å²) in [6.07, 6.45) is 4.61. The van der Waals surface area contributed by atoms with E-state index in [1.165, 1.54) is 5.56 Å². The first kappa shape index (κ1) is 13.7. The maximum Gasteiger partial charge on any atom is 0.0845 e. The number of hydrogen-bond donors (Lipinski definition) is 1. The fraction of sp³-hybridized carbons (Fsp3) is 0.222. The lowest BCUT2D eigenvalue weighted by Crippen LogP contribution is -2.03. The molecule has 2 aromatic heterocycles. The third kappa shape index (κ3) is 3.09. The second-order valence-electron chi connectivity index (χ2n) is 5.19. The highest BCUT2D eigenvalue weighted by molar-refractivity contribution is 5.79. The van der Waals surface area contributed by atoms with Crippen LogP contribution >= 0.6 is 0 Å². The van der Waals surface area contributed by atoms with Gasteiger partial charge in [0.15, 0.2) is 0 Å². The second kappa shape index (κ2) is 6.02. The van der Waals surface area contributed by atoms with Gasteiger partial charge in [-0.2, -0.15) is 0 Å². The Hall–Kier alpha value is -2.26. The van der Waals surface area contributed by atoms with E-state index in [2.05, 4.69) is 23.0 Å². The van der Waals surface area contributed by atoms with E-state index in [-0.39, 0.29) is 0 Å². The Morgan fingerprint density at radius 1 is 1.10 bits per heavy atom. The molecular formula is C18H18N2O. The van der Waals surface area contributed by atoms with E-state index in [4.69, 9.17) is 0 Å². The zero-order valence-corrected chi connectivity index (χ0v) is 12.0. The number of pyridine rings is 2. The van der Waals surface area contributed by atoms with Crippen LogP contribution in [0.25, 0.3) is 10.9 Å². The Kier molecular flexibility index (Phi) is 3.93. The van der Waals surface area contributed by atoms with Gasteiger partial charge in [-0.3, -0.25) is 9.97 Å². The summed E-state index contributed by atoms with van der Waals surface area (Å²) in [5.74, 6) is 0. The molecule has 3 aromatic rings. The van der Waals surface area contributed by atoms with Gasteiger partial charge in [-0.15, -0.1) is 0 Å². The largest absolute Gasteiger partial charge is 0.388 e. The van der Waals surface area contributed by atoms with E-state index >= 15 is 0 Å². The molecule has 0 amide bonds. The molecule has 3 nitrogen and oxygen atoms in total. The molecule has 1 unspecified atom stereocenters. The first-order chi connectivity index (χ1) is 10.3. The third-order valence-corrected chi connectivity index (χ3v) is 3.71. The summed E-state index contributed by atoms with van der Waals surface area (Å²) >= 11 is 0. The van der Waals surface area contributed by atoms with Crippen LogP contribution in [0.5, 0.6) is 0 Å². The van der Waals surface area contributed by atoms with Gasteiger partial charge in [0.1, 0.15) is 0 Å². The van der Waals surface area contributed by atoms with Crippen molar-refractivity contribution in [2.75, 3.05) is 0 Å². The van der Waals surface area contributed by atoms with Crippen molar-refractivity contribution in [2.24, 2.45) is 0 Å². The van der Waals surface area contributed by atoms with Crippen molar-refractivity contribution in [2.45, 2.75) is 25.9 Å². The van der Waals surface area contributed by atoms with Crippen molar-refractivity contribution < 1.29 is 5.11 Å². The van der Waals surface area contributed by atoms with Crippen LogP contribution in [0.15, 0.2) is 54.9 Å². The number of nitrogens with zero attached hydrogens (tertiary/aromatic N) is 2. The van der Waals surface area contributed by atoms with E-state index < -0.39 is 6.10 Å². The Bertz CT molecular complexity index is 738. The molecule has 0 aliphatic heterocycles. The van der Waals surface area contributed by atoms with Crippen LogP contribution in [-0.2, 0) is 12.8 Å². The van der Waals surface area contributed by atoms with E-state index in [9.17, 15) is 5.11 Å². The fourth-order valence-corrected chi connectivity index (χ4v) is 2.40. The fourth-order valence-electron chi connectivity index (χ4n) is 2.40. The highest BCUT2D eigenvalue weighted by atomic mass is 16.3. The number of aliphatic hydroxyl groups excluding tert-OH is 1. The lowest BCUT2D eigenvalue weighted by Gasteiger charge is -2.11. The Balaban J connectivity index is 1.80. The normalized spacial score (nSPS) is 12.5. The minimum absolute atomic E-state index is 0.524. The van der Waals surface area contributed by atoms with Gasteiger partial charge in [0.05, 0.1) is 11.6 Å². The minimum atomic E-state index is -0.547. The van der Waals surface area contributed by atoms with Crippen LogP contribution < -0.4 is 0 Å². The molecule has 0 bridgehead atoms. The smallest absolute Gasteiger partial charge is 0.0845 e. The number of benzene rings is 1. The Morgan fingerprint density at radius 2 is 2.00 bits per heavy atom. The van der Waals surface area contributed by atoms with Gasteiger partial charge >= 0.3 is 0 Å². The maximum atomic E-state index is 10.4. The zero-order valence-electron chi connectivity index (χ0n) is 12.0. The predicted octanol–water partition coefficient (Wildman–Crippen LogP) is 3.47. The molecule has 3 heteroatoms. The number of aliphatic hydroxyl groups is 1. The van der Waals surface area contributed by atoms with Crippen molar-refractivity contribution in [3.63, 3.8) is 0 Å². The summed E-state index contributed by atoms with van der Waals surface area (Å²) < 4.78 is 0. The van der Waals surface area contributed by atoms with Gasteiger partial charge in [0.2, 0.25) is 0 Å². The Labute approximate surface area is 124 Å². The Morgan fingerprint density at radius 3 is 2.76 bits per heavy atom. The van der Waals surface area contributed by atoms with Gasteiger partial charge in [-0.1, -0.05) is 25.1 Å². The van der Waals surface area contributed by atoms with Gasteiger partial charge in [0, 0.05) is 29.9 Å². The van der Waals surface area contributed by atoms with Crippen LogP contribution in [0, 0.1) is 0 Å². The van der Waals surface area contributed by atoms with Crippen LogP contribution in [-0.4, -0.2) is 15.1 Å². The standard InChI is InChI=1S/C18H18N2O/c1-2-13-5-7-16(20-12-13)11-18(21)15-6-8-17-14(10-15)4-3-9-19-17/h3-10,12,18,21H,2,11H2,1H3. The molecule has 2 heterocycles. The molecule has 1 atom stereocenters. The molecule has 0 aliphatic carbocycles.